The van der Waals surface area contributed by atoms with Crippen LogP contribution in [0.25, 0.3) is 11.0 Å². The van der Waals surface area contributed by atoms with Crippen molar-refractivity contribution < 1.29 is 4.79 Å². The number of amides is 2. The summed E-state index contributed by atoms with van der Waals surface area (Å²) in [6.07, 6.45) is 3.44. The molecule has 0 radical (unpaired) electrons. The van der Waals surface area contributed by atoms with Gasteiger partial charge in [0.1, 0.15) is 6.33 Å². The fourth-order valence-corrected chi connectivity index (χ4v) is 3.39. The molecule has 0 bridgehead atoms. The Morgan fingerprint density at radius 3 is 2.74 bits per heavy atom. The molecule has 0 atom stereocenters. The number of nitrogens with zero attached hydrogens (tertiary/aromatic N) is 5. The molecule has 8 heteroatoms. The molecule has 2 aromatic heterocycles. The molecule has 7 nitrogen and oxygen atoms in total. The normalized spacial score (nSPS) is 15.1. The van der Waals surface area contributed by atoms with Crippen LogP contribution in [0.5, 0.6) is 0 Å². The highest BCUT2D eigenvalue weighted by molar-refractivity contribution is 7.13. The minimum atomic E-state index is -0.105. The molecule has 1 saturated heterocycles. The molecular weight excluding hydrogens is 312 g/mol. The fourth-order valence-electron chi connectivity index (χ4n) is 2.69. The molecule has 0 saturated carbocycles. The molecule has 0 aliphatic carbocycles. The van der Waals surface area contributed by atoms with Gasteiger partial charge in [-0.05, 0) is 12.1 Å². The number of benzene rings is 1. The van der Waals surface area contributed by atoms with Gasteiger partial charge in [-0.3, -0.25) is 0 Å². The Bertz CT molecular complexity index is 806. The predicted molar refractivity (Wildman–Crippen MR) is 90.4 cm³/mol. The zero-order chi connectivity index (χ0) is 15.6. The number of rotatable bonds is 2. The molecule has 118 valence electrons. The van der Waals surface area contributed by atoms with Crippen molar-refractivity contribution in [2.45, 2.75) is 0 Å². The summed E-state index contributed by atoms with van der Waals surface area (Å²) in [7, 11) is 0. The quantitative estimate of drug-likeness (QED) is 0.781. The molecule has 1 aliphatic heterocycles. The van der Waals surface area contributed by atoms with E-state index in [0.717, 1.165) is 29.3 Å². The van der Waals surface area contributed by atoms with E-state index in [-0.39, 0.29) is 6.03 Å². The second-order valence-corrected chi connectivity index (χ2v) is 6.18. The summed E-state index contributed by atoms with van der Waals surface area (Å²) < 4.78 is 1.67. The number of thiazole rings is 1. The first-order valence-electron chi connectivity index (χ1n) is 7.44. The summed E-state index contributed by atoms with van der Waals surface area (Å²) in [5, 5.41) is 2.99. The number of aromatic nitrogens is 3. The van der Waals surface area contributed by atoms with Crippen molar-refractivity contribution in [2.75, 3.05) is 36.5 Å². The number of imidazole rings is 1. The maximum Gasteiger partial charge on any atom is 0.336 e. The van der Waals surface area contributed by atoms with E-state index in [0.29, 0.717) is 13.1 Å². The van der Waals surface area contributed by atoms with Crippen molar-refractivity contribution in [1.82, 2.24) is 19.5 Å². The second-order valence-electron chi connectivity index (χ2n) is 5.31. The lowest BCUT2D eigenvalue weighted by atomic mass is 10.3. The van der Waals surface area contributed by atoms with Gasteiger partial charge >= 0.3 is 6.03 Å². The lowest BCUT2D eigenvalue weighted by Gasteiger charge is -2.34. The molecule has 1 aliphatic rings. The van der Waals surface area contributed by atoms with Gasteiger partial charge in [-0.15, -0.1) is 11.3 Å². The third-order valence-electron chi connectivity index (χ3n) is 3.93. The van der Waals surface area contributed by atoms with E-state index in [1.54, 1.807) is 22.3 Å². The summed E-state index contributed by atoms with van der Waals surface area (Å²) in [6, 6.07) is 7.61. The fraction of sp³-hybridized carbons (Fsp3) is 0.267. The van der Waals surface area contributed by atoms with Gasteiger partial charge in [0.05, 0.1) is 11.0 Å². The number of urea groups is 1. The molecule has 23 heavy (non-hydrogen) atoms. The standard InChI is InChI=1S/C15H16N6OS/c22-14(18-21-11-17-12-3-1-2-4-13(12)21)19-6-8-20(9-7-19)15-16-5-10-23-15/h1-5,10-11H,6-9H2,(H,18,22). The van der Waals surface area contributed by atoms with E-state index < -0.39 is 0 Å². The number of piperazine rings is 1. The van der Waals surface area contributed by atoms with E-state index in [1.165, 1.54) is 0 Å². The van der Waals surface area contributed by atoms with E-state index in [4.69, 9.17) is 0 Å². The highest BCUT2D eigenvalue weighted by atomic mass is 32.1. The molecule has 2 amide bonds. The monoisotopic (exact) mass is 328 g/mol. The van der Waals surface area contributed by atoms with Crippen LogP contribution < -0.4 is 10.3 Å². The van der Waals surface area contributed by atoms with Crippen molar-refractivity contribution >= 4 is 33.5 Å². The van der Waals surface area contributed by atoms with Gasteiger partial charge in [0.15, 0.2) is 5.13 Å². The molecule has 3 aromatic rings. The number of carbonyl (C=O) groups excluding carboxylic acids is 1. The Morgan fingerprint density at radius 2 is 1.96 bits per heavy atom. The number of anilines is 1. The maximum atomic E-state index is 12.4. The van der Waals surface area contributed by atoms with Crippen LogP contribution in [0, 0.1) is 0 Å². The van der Waals surface area contributed by atoms with E-state index in [1.807, 2.05) is 40.7 Å². The third kappa shape index (κ3) is 2.72. The van der Waals surface area contributed by atoms with Crippen LogP contribution >= 0.6 is 11.3 Å². The number of hydrogen-bond acceptors (Lipinski definition) is 5. The zero-order valence-electron chi connectivity index (χ0n) is 12.4. The zero-order valence-corrected chi connectivity index (χ0v) is 13.2. The first kappa shape index (κ1) is 14.0. The number of hydrogen-bond donors (Lipinski definition) is 1. The Morgan fingerprint density at radius 1 is 1.13 bits per heavy atom. The molecule has 0 spiro atoms. The smallest absolute Gasteiger partial charge is 0.336 e. The number of nitrogens with one attached hydrogen (secondary N) is 1. The molecule has 1 N–H and O–H groups in total. The van der Waals surface area contributed by atoms with Gasteiger partial charge in [-0.25, -0.2) is 24.9 Å². The number of fused-ring (bicyclic) bond motifs is 1. The molecule has 1 aromatic carbocycles. The topological polar surface area (TPSA) is 66.3 Å². The molecule has 1 fully saturated rings. The van der Waals surface area contributed by atoms with Crippen molar-refractivity contribution in [3.05, 3.63) is 42.2 Å². The Labute approximate surface area is 137 Å². The Balaban J connectivity index is 1.40. The highest BCUT2D eigenvalue weighted by Crippen LogP contribution is 2.19. The van der Waals surface area contributed by atoms with Crippen molar-refractivity contribution in [3.8, 4) is 0 Å². The van der Waals surface area contributed by atoms with Crippen LogP contribution in [0.3, 0.4) is 0 Å². The van der Waals surface area contributed by atoms with Gasteiger partial charge in [0.2, 0.25) is 0 Å². The number of carbonyl (C=O) groups is 1. The minimum absolute atomic E-state index is 0.105. The van der Waals surface area contributed by atoms with Crippen LogP contribution in [-0.4, -0.2) is 51.8 Å². The lowest BCUT2D eigenvalue weighted by Crippen LogP contribution is -2.51. The van der Waals surface area contributed by atoms with Crippen LogP contribution in [0.4, 0.5) is 9.93 Å². The van der Waals surface area contributed by atoms with E-state index >= 15 is 0 Å². The first-order chi connectivity index (χ1) is 11.3. The summed E-state index contributed by atoms with van der Waals surface area (Å²) in [5.41, 5.74) is 4.65. The van der Waals surface area contributed by atoms with Gasteiger partial charge in [-0.2, -0.15) is 0 Å². The molecular formula is C15H16N6OS. The van der Waals surface area contributed by atoms with Crippen LogP contribution in [0.15, 0.2) is 42.2 Å². The molecule has 3 heterocycles. The predicted octanol–water partition coefficient (Wildman–Crippen LogP) is 1.98. The van der Waals surface area contributed by atoms with Gasteiger partial charge < -0.3 is 9.80 Å². The van der Waals surface area contributed by atoms with Crippen molar-refractivity contribution in [1.29, 1.82) is 0 Å². The largest absolute Gasteiger partial charge is 0.345 e. The Hall–Kier alpha value is -2.61. The first-order valence-corrected chi connectivity index (χ1v) is 8.32. The summed E-state index contributed by atoms with van der Waals surface area (Å²) in [4.78, 5) is 25.1. The molecule has 0 unspecified atom stereocenters. The summed E-state index contributed by atoms with van der Waals surface area (Å²) in [6.45, 7) is 2.95. The van der Waals surface area contributed by atoms with E-state index in [9.17, 15) is 4.79 Å². The molecule has 4 rings (SSSR count). The lowest BCUT2D eigenvalue weighted by molar-refractivity contribution is 0.205. The average Bonchev–Trinajstić information content (AvgIpc) is 3.25. The second kappa shape index (κ2) is 5.88. The van der Waals surface area contributed by atoms with E-state index in [2.05, 4.69) is 20.3 Å². The summed E-state index contributed by atoms with van der Waals surface area (Å²) in [5.74, 6) is 0. The Kier molecular flexibility index (Phi) is 3.58. The van der Waals surface area contributed by atoms with Gasteiger partial charge in [0, 0.05) is 37.8 Å². The minimum Gasteiger partial charge on any atom is -0.345 e. The van der Waals surface area contributed by atoms with Gasteiger partial charge in [0.25, 0.3) is 0 Å². The van der Waals surface area contributed by atoms with Crippen molar-refractivity contribution in [3.63, 3.8) is 0 Å². The maximum absolute atomic E-state index is 12.4. The van der Waals surface area contributed by atoms with Crippen LogP contribution in [0.2, 0.25) is 0 Å². The number of para-hydroxylation sites is 2. The van der Waals surface area contributed by atoms with Crippen LogP contribution in [-0.2, 0) is 0 Å². The summed E-state index contributed by atoms with van der Waals surface area (Å²) >= 11 is 1.63. The SMILES string of the molecule is O=C(Nn1cnc2ccccc21)N1CCN(c2nccs2)CC1. The van der Waals surface area contributed by atoms with Crippen molar-refractivity contribution in [2.24, 2.45) is 0 Å². The average molecular weight is 328 g/mol. The van der Waals surface area contributed by atoms with Gasteiger partial charge in [-0.1, -0.05) is 12.1 Å². The van der Waals surface area contributed by atoms with Crippen LogP contribution in [0.1, 0.15) is 0 Å². The third-order valence-corrected chi connectivity index (χ3v) is 4.76. The highest BCUT2D eigenvalue weighted by Gasteiger charge is 2.22.